The van der Waals surface area contributed by atoms with E-state index in [1.54, 1.807) is 11.8 Å². The Hall–Kier alpha value is -2.99. The van der Waals surface area contributed by atoms with Gasteiger partial charge in [0.05, 0.1) is 5.52 Å². The van der Waals surface area contributed by atoms with Crippen LogP contribution in [0.5, 0.6) is 0 Å². The van der Waals surface area contributed by atoms with Crippen LogP contribution in [-0.4, -0.2) is 28.0 Å². The Morgan fingerprint density at radius 1 is 1.04 bits per heavy atom. The number of pyridine rings is 1. The second kappa shape index (κ2) is 7.72. The summed E-state index contributed by atoms with van der Waals surface area (Å²) in [4.78, 5) is 5.58. The van der Waals surface area contributed by atoms with Gasteiger partial charge in [0, 0.05) is 40.0 Å². The van der Waals surface area contributed by atoms with Gasteiger partial charge in [0.15, 0.2) is 0 Å². The number of hydrogen-bond acceptors (Lipinski definition) is 5. The van der Waals surface area contributed by atoms with Crippen molar-refractivity contribution in [2.75, 3.05) is 23.4 Å². The molecule has 0 amide bonds. The average Bonchev–Trinajstić information content (AvgIpc) is 3.12. The number of nitrogens with zero attached hydrogens (tertiary/aromatic N) is 2. The highest BCUT2D eigenvalue weighted by atomic mass is 32.2. The number of benzene rings is 2. The lowest BCUT2D eigenvalue weighted by molar-refractivity contribution is 1.12. The summed E-state index contributed by atoms with van der Waals surface area (Å²) in [6.07, 6.45) is 3.89. The van der Waals surface area contributed by atoms with Gasteiger partial charge in [0.1, 0.15) is 11.5 Å². The quantitative estimate of drug-likeness (QED) is 0.387. The normalized spacial score (nSPS) is 10.9. The number of anilines is 3. The Morgan fingerprint density at radius 2 is 1.93 bits per heavy atom. The van der Waals surface area contributed by atoms with E-state index < -0.39 is 0 Å². The molecule has 4 aromatic rings. The second-order valence-corrected chi connectivity index (χ2v) is 7.03. The van der Waals surface area contributed by atoms with Crippen LogP contribution in [0.1, 0.15) is 6.92 Å². The fourth-order valence-electron chi connectivity index (χ4n) is 3.03. The van der Waals surface area contributed by atoms with Gasteiger partial charge in [-0.3, -0.25) is 5.10 Å². The van der Waals surface area contributed by atoms with E-state index in [2.05, 4.69) is 81.5 Å². The first-order chi connectivity index (χ1) is 13.3. The third-order valence-electron chi connectivity index (χ3n) is 4.31. The van der Waals surface area contributed by atoms with E-state index in [1.165, 1.54) is 4.90 Å². The third-order valence-corrected chi connectivity index (χ3v) is 5.04. The molecule has 27 heavy (non-hydrogen) atoms. The lowest BCUT2D eigenvalue weighted by atomic mass is 10.1. The van der Waals surface area contributed by atoms with Crippen LogP contribution < -0.4 is 10.6 Å². The van der Waals surface area contributed by atoms with Crippen molar-refractivity contribution in [3.63, 3.8) is 0 Å². The van der Waals surface area contributed by atoms with Gasteiger partial charge in [0.25, 0.3) is 0 Å². The topological polar surface area (TPSA) is 65.6 Å². The van der Waals surface area contributed by atoms with Gasteiger partial charge in [-0.1, -0.05) is 6.07 Å². The summed E-state index contributed by atoms with van der Waals surface area (Å²) in [5, 5.41) is 15.5. The first-order valence-electron chi connectivity index (χ1n) is 8.86. The van der Waals surface area contributed by atoms with Crippen LogP contribution >= 0.6 is 11.8 Å². The van der Waals surface area contributed by atoms with Crippen LogP contribution in [0.2, 0.25) is 0 Å². The molecule has 0 unspecified atom stereocenters. The fraction of sp³-hybridized carbons (Fsp3) is 0.143. The Bertz CT molecular complexity index is 1070. The zero-order chi connectivity index (χ0) is 18.6. The van der Waals surface area contributed by atoms with Crippen molar-refractivity contribution < 1.29 is 0 Å². The Balaban J connectivity index is 1.69. The molecule has 4 rings (SSSR count). The van der Waals surface area contributed by atoms with Crippen LogP contribution in [0.25, 0.3) is 22.2 Å². The Kier molecular flexibility index (Phi) is 4.98. The van der Waals surface area contributed by atoms with E-state index >= 15 is 0 Å². The number of hydrogen-bond donors (Lipinski definition) is 3. The van der Waals surface area contributed by atoms with E-state index in [-0.39, 0.29) is 0 Å². The third kappa shape index (κ3) is 3.75. The highest BCUT2D eigenvalue weighted by Gasteiger charge is 2.10. The van der Waals surface area contributed by atoms with Gasteiger partial charge in [-0.25, -0.2) is 4.98 Å². The smallest absolute Gasteiger partial charge is 0.126 e. The van der Waals surface area contributed by atoms with Crippen molar-refractivity contribution in [3.05, 3.63) is 60.8 Å². The molecule has 0 saturated heterocycles. The molecule has 136 valence electrons. The van der Waals surface area contributed by atoms with E-state index in [9.17, 15) is 0 Å². The summed E-state index contributed by atoms with van der Waals surface area (Å²) in [6, 6.07) is 18.7. The second-order valence-electron chi connectivity index (χ2n) is 6.15. The lowest BCUT2D eigenvalue weighted by Crippen LogP contribution is -1.98. The molecule has 0 spiro atoms. The van der Waals surface area contributed by atoms with E-state index in [0.717, 1.165) is 45.9 Å². The summed E-state index contributed by atoms with van der Waals surface area (Å²) in [6.45, 7) is 2.89. The van der Waals surface area contributed by atoms with Crippen molar-refractivity contribution in [1.29, 1.82) is 0 Å². The minimum absolute atomic E-state index is 0.834. The molecular weight excluding hydrogens is 354 g/mol. The molecule has 2 aromatic carbocycles. The molecule has 0 atom stereocenters. The average molecular weight is 376 g/mol. The number of aromatic nitrogens is 3. The molecule has 3 N–H and O–H groups in total. The monoisotopic (exact) mass is 375 g/mol. The predicted molar refractivity (Wildman–Crippen MR) is 115 cm³/mol. The van der Waals surface area contributed by atoms with Crippen molar-refractivity contribution in [2.24, 2.45) is 0 Å². The van der Waals surface area contributed by atoms with E-state index in [0.29, 0.717) is 0 Å². The van der Waals surface area contributed by atoms with Crippen LogP contribution in [0.3, 0.4) is 0 Å². The number of thioether (sulfide) groups is 1. The predicted octanol–water partition coefficient (Wildman–Crippen LogP) is 5.52. The van der Waals surface area contributed by atoms with E-state index in [4.69, 9.17) is 0 Å². The molecule has 0 aliphatic heterocycles. The summed E-state index contributed by atoms with van der Waals surface area (Å²) >= 11 is 1.74. The van der Waals surface area contributed by atoms with Crippen LogP contribution in [0, 0.1) is 0 Å². The number of nitrogens with one attached hydrogen (secondary N) is 3. The fourth-order valence-corrected chi connectivity index (χ4v) is 3.49. The standard InChI is InChI=1S/C21H21N5S/c1-3-22-20-11-14(9-10-23-20)21-18-13-16(7-8-19(18)25-26-21)24-15-5-4-6-17(12-15)27-2/h4-13,24H,3H2,1-2H3,(H,22,23)(H,25,26). The molecule has 0 radical (unpaired) electrons. The van der Waals surface area contributed by atoms with Gasteiger partial charge in [0.2, 0.25) is 0 Å². The lowest BCUT2D eigenvalue weighted by Gasteiger charge is -2.08. The first kappa shape index (κ1) is 17.4. The molecule has 2 heterocycles. The molecule has 0 bridgehead atoms. The van der Waals surface area contributed by atoms with Gasteiger partial charge in [-0.15, -0.1) is 11.8 Å². The minimum Gasteiger partial charge on any atom is -0.370 e. The molecule has 6 heteroatoms. The number of H-pyrrole nitrogens is 1. The van der Waals surface area contributed by atoms with Crippen molar-refractivity contribution in [3.8, 4) is 11.3 Å². The van der Waals surface area contributed by atoms with Gasteiger partial charge >= 0.3 is 0 Å². The summed E-state index contributed by atoms with van der Waals surface area (Å²) in [5.41, 5.74) is 5.07. The number of aromatic amines is 1. The molecule has 0 saturated carbocycles. The largest absolute Gasteiger partial charge is 0.370 e. The first-order valence-corrected chi connectivity index (χ1v) is 10.1. The van der Waals surface area contributed by atoms with Gasteiger partial charge in [-0.05, 0) is 61.7 Å². The SMILES string of the molecule is CCNc1cc(-c2n[nH]c3ccc(Nc4cccc(SC)c4)cc23)ccn1. The number of rotatable bonds is 6. The molecule has 5 nitrogen and oxygen atoms in total. The van der Waals surface area contributed by atoms with Crippen LogP contribution in [0.4, 0.5) is 17.2 Å². The maximum absolute atomic E-state index is 4.53. The summed E-state index contributed by atoms with van der Waals surface area (Å²) in [5.74, 6) is 0.856. The van der Waals surface area contributed by atoms with Crippen molar-refractivity contribution >= 4 is 39.9 Å². The highest BCUT2D eigenvalue weighted by molar-refractivity contribution is 7.98. The molecule has 2 aromatic heterocycles. The van der Waals surface area contributed by atoms with Crippen LogP contribution in [0.15, 0.2) is 65.7 Å². The highest BCUT2D eigenvalue weighted by Crippen LogP contribution is 2.30. The maximum atomic E-state index is 4.53. The molecule has 0 aliphatic carbocycles. The maximum Gasteiger partial charge on any atom is 0.126 e. The van der Waals surface area contributed by atoms with Crippen LogP contribution in [-0.2, 0) is 0 Å². The Labute approximate surface area is 162 Å². The molecular formula is C21H21N5S. The summed E-state index contributed by atoms with van der Waals surface area (Å²) < 4.78 is 0. The summed E-state index contributed by atoms with van der Waals surface area (Å²) in [7, 11) is 0. The van der Waals surface area contributed by atoms with Crippen molar-refractivity contribution in [2.45, 2.75) is 11.8 Å². The number of fused-ring (bicyclic) bond motifs is 1. The van der Waals surface area contributed by atoms with E-state index in [1.807, 2.05) is 18.3 Å². The zero-order valence-corrected chi connectivity index (χ0v) is 16.1. The van der Waals surface area contributed by atoms with Gasteiger partial charge in [-0.2, -0.15) is 5.10 Å². The Morgan fingerprint density at radius 3 is 2.78 bits per heavy atom. The van der Waals surface area contributed by atoms with Crippen molar-refractivity contribution in [1.82, 2.24) is 15.2 Å². The molecule has 0 fully saturated rings. The zero-order valence-electron chi connectivity index (χ0n) is 15.3. The van der Waals surface area contributed by atoms with Gasteiger partial charge < -0.3 is 10.6 Å². The molecule has 0 aliphatic rings. The minimum atomic E-state index is 0.834.